The van der Waals surface area contributed by atoms with Gasteiger partial charge in [0.25, 0.3) is 0 Å². The van der Waals surface area contributed by atoms with Crippen molar-refractivity contribution in [1.82, 2.24) is 9.62 Å². The summed E-state index contributed by atoms with van der Waals surface area (Å²) in [5.74, 6) is 0.690. The van der Waals surface area contributed by atoms with E-state index in [1.54, 1.807) is 25.3 Å². The van der Waals surface area contributed by atoms with Crippen molar-refractivity contribution < 1.29 is 13.2 Å². The molecule has 6 heteroatoms. The minimum atomic E-state index is -3.48. The smallest absolute Gasteiger partial charge is 0.243 e. The predicted molar refractivity (Wildman–Crippen MR) is 85.1 cm³/mol. The zero-order valence-corrected chi connectivity index (χ0v) is 14.3. The van der Waals surface area contributed by atoms with E-state index in [1.165, 1.54) is 4.31 Å². The van der Waals surface area contributed by atoms with Crippen molar-refractivity contribution in [1.29, 1.82) is 0 Å². The molecule has 0 aromatic heterocycles. The molecule has 1 N–H and O–H groups in total. The van der Waals surface area contributed by atoms with E-state index >= 15 is 0 Å². The van der Waals surface area contributed by atoms with Crippen LogP contribution in [-0.2, 0) is 16.6 Å². The van der Waals surface area contributed by atoms with Gasteiger partial charge >= 0.3 is 0 Å². The van der Waals surface area contributed by atoms with E-state index in [-0.39, 0.29) is 6.04 Å². The van der Waals surface area contributed by atoms with Crippen molar-refractivity contribution in [3.05, 3.63) is 23.8 Å². The fourth-order valence-corrected chi connectivity index (χ4v) is 4.07. The molecular formula is C15H26N2O3S. The lowest BCUT2D eigenvalue weighted by Gasteiger charge is -2.26. The van der Waals surface area contributed by atoms with E-state index in [0.717, 1.165) is 12.0 Å². The van der Waals surface area contributed by atoms with Crippen molar-refractivity contribution in [2.75, 3.05) is 20.7 Å². The molecule has 1 rings (SSSR count). The monoisotopic (exact) mass is 314 g/mol. The molecule has 5 nitrogen and oxygen atoms in total. The van der Waals surface area contributed by atoms with Crippen LogP contribution in [0, 0.1) is 0 Å². The summed E-state index contributed by atoms with van der Waals surface area (Å²) >= 11 is 0. The van der Waals surface area contributed by atoms with Gasteiger partial charge in [0, 0.05) is 24.7 Å². The first-order chi connectivity index (χ1) is 9.92. The fraction of sp³-hybridized carbons (Fsp3) is 0.600. The number of methoxy groups -OCH3 is 1. The van der Waals surface area contributed by atoms with Crippen molar-refractivity contribution in [2.24, 2.45) is 0 Å². The molecule has 1 aromatic carbocycles. The molecule has 0 saturated heterocycles. The summed E-state index contributed by atoms with van der Waals surface area (Å²) < 4.78 is 32.4. The van der Waals surface area contributed by atoms with E-state index in [9.17, 15) is 8.42 Å². The highest BCUT2D eigenvalue weighted by Gasteiger charge is 2.27. The van der Waals surface area contributed by atoms with Gasteiger partial charge in [-0.3, -0.25) is 0 Å². The van der Waals surface area contributed by atoms with Crippen LogP contribution in [0.5, 0.6) is 5.75 Å². The number of nitrogens with zero attached hydrogens (tertiary/aromatic N) is 1. The molecule has 1 atom stereocenters. The van der Waals surface area contributed by atoms with Crippen LogP contribution in [0.2, 0.25) is 0 Å². The summed E-state index contributed by atoms with van der Waals surface area (Å²) in [6, 6.07) is 4.99. The number of hydrogen-bond acceptors (Lipinski definition) is 4. The first kappa shape index (κ1) is 17.9. The molecule has 1 unspecified atom stereocenters. The Labute approximate surface area is 128 Å². The molecule has 21 heavy (non-hydrogen) atoms. The molecule has 120 valence electrons. The highest BCUT2D eigenvalue weighted by molar-refractivity contribution is 7.89. The molecule has 1 aromatic rings. The van der Waals surface area contributed by atoms with Crippen LogP contribution < -0.4 is 10.1 Å². The van der Waals surface area contributed by atoms with Gasteiger partial charge in [-0.2, -0.15) is 4.31 Å². The van der Waals surface area contributed by atoms with Crippen LogP contribution in [0.3, 0.4) is 0 Å². The molecule has 0 heterocycles. The van der Waals surface area contributed by atoms with E-state index in [1.807, 2.05) is 27.8 Å². The maximum atomic E-state index is 12.8. The Kier molecular flexibility index (Phi) is 6.64. The van der Waals surface area contributed by atoms with Crippen LogP contribution >= 0.6 is 0 Å². The summed E-state index contributed by atoms with van der Waals surface area (Å²) in [5, 5.41) is 3.03. The van der Waals surface area contributed by atoms with Gasteiger partial charge in [0.05, 0.1) is 12.0 Å². The van der Waals surface area contributed by atoms with Gasteiger partial charge in [-0.05, 0) is 38.6 Å². The van der Waals surface area contributed by atoms with Crippen molar-refractivity contribution in [3.8, 4) is 5.75 Å². The first-order valence-corrected chi connectivity index (χ1v) is 8.69. The van der Waals surface area contributed by atoms with Gasteiger partial charge in [0.2, 0.25) is 10.0 Å². The lowest BCUT2D eigenvalue weighted by Crippen LogP contribution is -2.38. The Bertz CT molecular complexity index is 558. The quantitative estimate of drug-likeness (QED) is 0.799. The SMILES string of the molecule is CCC(C)N(CC)S(=O)(=O)c1ccc(OC)c(CNC)c1. The van der Waals surface area contributed by atoms with Crippen molar-refractivity contribution in [2.45, 2.75) is 44.7 Å². The number of benzene rings is 1. The fourth-order valence-electron chi connectivity index (χ4n) is 2.30. The van der Waals surface area contributed by atoms with Crippen LogP contribution in [0.15, 0.2) is 23.1 Å². The second-order valence-electron chi connectivity index (χ2n) is 4.97. The number of sulfonamides is 1. The second-order valence-corrected chi connectivity index (χ2v) is 6.86. The topological polar surface area (TPSA) is 58.6 Å². The van der Waals surface area contributed by atoms with Gasteiger partial charge in [0.15, 0.2) is 0 Å². The molecule has 0 aliphatic rings. The Morgan fingerprint density at radius 2 is 2.00 bits per heavy atom. The Morgan fingerprint density at radius 1 is 1.33 bits per heavy atom. The second kappa shape index (κ2) is 7.77. The summed E-state index contributed by atoms with van der Waals surface area (Å²) in [7, 11) is -0.0772. The third-order valence-electron chi connectivity index (χ3n) is 3.62. The molecule has 0 bridgehead atoms. The van der Waals surface area contributed by atoms with E-state index in [0.29, 0.717) is 23.7 Å². The van der Waals surface area contributed by atoms with Gasteiger partial charge in [-0.25, -0.2) is 8.42 Å². The molecule has 0 radical (unpaired) electrons. The lowest BCUT2D eigenvalue weighted by molar-refractivity contribution is 0.342. The van der Waals surface area contributed by atoms with E-state index in [2.05, 4.69) is 5.32 Å². The highest BCUT2D eigenvalue weighted by atomic mass is 32.2. The Balaban J connectivity index is 3.27. The summed E-state index contributed by atoms with van der Waals surface area (Å²) in [6.07, 6.45) is 0.784. The lowest BCUT2D eigenvalue weighted by atomic mass is 10.2. The highest BCUT2D eigenvalue weighted by Crippen LogP contribution is 2.25. The molecule has 0 aliphatic carbocycles. The Hall–Kier alpha value is -1.11. The largest absolute Gasteiger partial charge is 0.496 e. The standard InChI is InChI=1S/C15H26N2O3S/c1-6-12(3)17(7-2)21(18,19)14-8-9-15(20-5)13(10-14)11-16-4/h8-10,12,16H,6-7,11H2,1-5H3. The van der Waals surface area contributed by atoms with Crippen LogP contribution in [-0.4, -0.2) is 39.5 Å². The Morgan fingerprint density at radius 3 is 2.48 bits per heavy atom. The van der Waals surface area contributed by atoms with E-state index in [4.69, 9.17) is 4.74 Å². The molecular weight excluding hydrogens is 288 g/mol. The predicted octanol–water partition coefficient (Wildman–Crippen LogP) is 2.22. The van der Waals surface area contributed by atoms with E-state index < -0.39 is 10.0 Å². The third kappa shape index (κ3) is 3.96. The average Bonchev–Trinajstić information content (AvgIpc) is 2.47. The zero-order chi connectivity index (χ0) is 16.0. The van der Waals surface area contributed by atoms with Gasteiger partial charge in [-0.15, -0.1) is 0 Å². The van der Waals surface area contributed by atoms with Gasteiger partial charge in [0.1, 0.15) is 5.75 Å². The third-order valence-corrected chi connectivity index (χ3v) is 5.70. The minimum absolute atomic E-state index is 0.0187. The molecule has 0 fully saturated rings. The number of hydrogen-bond donors (Lipinski definition) is 1. The molecule has 0 amide bonds. The summed E-state index contributed by atoms with van der Waals surface area (Å²) in [4.78, 5) is 0.315. The molecule has 0 saturated carbocycles. The van der Waals surface area contributed by atoms with Crippen LogP contribution in [0.4, 0.5) is 0 Å². The molecule has 0 spiro atoms. The van der Waals surface area contributed by atoms with Crippen molar-refractivity contribution in [3.63, 3.8) is 0 Å². The van der Waals surface area contributed by atoms with Crippen LogP contribution in [0.1, 0.15) is 32.8 Å². The average molecular weight is 314 g/mol. The van der Waals surface area contributed by atoms with Gasteiger partial charge in [-0.1, -0.05) is 13.8 Å². The van der Waals surface area contributed by atoms with Crippen LogP contribution in [0.25, 0.3) is 0 Å². The van der Waals surface area contributed by atoms with Gasteiger partial charge < -0.3 is 10.1 Å². The maximum absolute atomic E-state index is 12.8. The number of ether oxygens (including phenoxy) is 1. The first-order valence-electron chi connectivity index (χ1n) is 7.25. The number of rotatable bonds is 8. The maximum Gasteiger partial charge on any atom is 0.243 e. The zero-order valence-electron chi connectivity index (χ0n) is 13.5. The minimum Gasteiger partial charge on any atom is -0.496 e. The number of nitrogens with one attached hydrogen (secondary N) is 1. The summed E-state index contributed by atoms with van der Waals surface area (Å²) in [6.45, 7) is 6.80. The molecule has 0 aliphatic heterocycles. The van der Waals surface area contributed by atoms with Crippen molar-refractivity contribution >= 4 is 10.0 Å². The summed E-state index contributed by atoms with van der Waals surface area (Å²) in [5.41, 5.74) is 0.835. The normalized spacial score (nSPS) is 13.4.